The minimum Gasteiger partial charge on any atom is -0.356 e. The van der Waals surface area contributed by atoms with Crippen molar-refractivity contribution in [3.05, 3.63) is 23.4 Å². The van der Waals surface area contributed by atoms with Crippen LogP contribution in [0.15, 0.2) is 18.3 Å². The summed E-state index contributed by atoms with van der Waals surface area (Å²) in [5.74, 6) is 1.70. The van der Waals surface area contributed by atoms with Gasteiger partial charge in [-0.2, -0.15) is 0 Å². The molecule has 1 fully saturated rings. The second-order valence-electron chi connectivity index (χ2n) is 4.06. The van der Waals surface area contributed by atoms with Crippen LogP contribution in [-0.2, 0) is 0 Å². The molecule has 0 aliphatic carbocycles. The third-order valence-electron chi connectivity index (χ3n) is 2.84. The lowest BCUT2D eigenvalue weighted by molar-refractivity contribution is 0.464. The molecule has 0 saturated carbocycles. The Kier molecular flexibility index (Phi) is 3.52. The Bertz CT molecular complexity index is 328. The summed E-state index contributed by atoms with van der Waals surface area (Å²) in [5.41, 5.74) is 0. The van der Waals surface area contributed by atoms with E-state index in [-0.39, 0.29) is 0 Å². The standard InChI is InChI=1S/C11H14BrClN2/c1-8-7-15(5-4-10(8)12)11-3-2-9(13)6-14-11/h2-3,6,8,10H,4-5,7H2,1H3. The maximum absolute atomic E-state index is 5.81. The SMILES string of the molecule is CC1CN(c2ccc(Cl)cn2)CCC1Br. The van der Waals surface area contributed by atoms with E-state index in [0.717, 1.165) is 18.9 Å². The molecule has 2 nitrogen and oxygen atoms in total. The first-order valence-corrected chi connectivity index (χ1v) is 6.47. The molecule has 1 aliphatic rings. The van der Waals surface area contributed by atoms with Crippen molar-refractivity contribution in [1.82, 2.24) is 4.98 Å². The highest BCUT2D eigenvalue weighted by atomic mass is 79.9. The van der Waals surface area contributed by atoms with Crippen molar-refractivity contribution in [1.29, 1.82) is 0 Å². The van der Waals surface area contributed by atoms with Gasteiger partial charge < -0.3 is 4.90 Å². The lowest BCUT2D eigenvalue weighted by Gasteiger charge is -2.35. The van der Waals surface area contributed by atoms with Gasteiger partial charge in [0, 0.05) is 24.1 Å². The molecule has 0 amide bonds. The fourth-order valence-corrected chi connectivity index (χ4v) is 2.36. The summed E-state index contributed by atoms with van der Waals surface area (Å²) >= 11 is 9.51. The van der Waals surface area contributed by atoms with Crippen LogP contribution < -0.4 is 4.90 Å². The lowest BCUT2D eigenvalue weighted by atomic mass is 10.0. The van der Waals surface area contributed by atoms with Gasteiger partial charge in [0.05, 0.1) is 5.02 Å². The van der Waals surface area contributed by atoms with Gasteiger partial charge in [0.2, 0.25) is 0 Å². The Hall–Kier alpha value is -0.280. The highest BCUT2D eigenvalue weighted by Gasteiger charge is 2.24. The average molecular weight is 290 g/mol. The van der Waals surface area contributed by atoms with E-state index in [1.807, 2.05) is 12.1 Å². The molecule has 1 saturated heterocycles. The van der Waals surface area contributed by atoms with E-state index in [4.69, 9.17) is 11.6 Å². The number of alkyl halides is 1. The van der Waals surface area contributed by atoms with Crippen LogP contribution in [0.1, 0.15) is 13.3 Å². The number of hydrogen-bond donors (Lipinski definition) is 0. The summed E-state index contributed by atoms with van der Waals surface area (Å²) in [6, 6.07) is 3.89. The van der Waals surface area contributed by atoms with E-state index in [9.17, 15) is 0 Å². The molecule has 2 atom stereocenters. The van der Waals surface area contributed by atoms with E-state index < -0.39 is 0 Å². The molecule has 15 heavy (non-hydrogen) atoms. The van der Waals surface area contributed by atoms with E-state index in [2.05, 4.69) is 32.7 Å². The van der Waals surface area contributed by atoms with Gasteiger partial charge in [0.25, 0.3) is 0 Å². The zero-order valence-corrected chi connectivity index (χ0v) is 11.0. The topological polar surface area (TPSA) is 16.1 Å². The lowest BCUT2D eigenvalue weighted by Crippen LogP contribution is -2.40. The van der Waals surface area contributed by atoms with Crippen molar-refractivity contribution in [2.75, 3.05) is 18.0 Å². The fraction of sp³-hybridized carbons (Fsp3) is 0.545. The predicted octanol–water partition coefficient (Wildman–Crippen LogP) is 3.34. The molecule has 2 heterocycles. The number of nitrogens with zero attached hydrogens (tertiary/aromatic N) is 2. The number of aromatic nitrogens is 1. The van der Waals surface area contributed by atoms with Crippen LogP contribution in [0.4, 0.5) is 5.82 Å². The van der Waals surface area contributed by atoms with Crippen LogP contribution in [-0.4, -0.2) is 22.9 Å². The number of halogens is 2. The Morgan fingerprint density at radius 3 is 2.93 bits per heavy atom. The quantitative estimate of drug-likeness (QED) is 0.737. The first-order chi connectivity index (χ1) is 7.16. The van der Waals surface area contributed by atoms with Crippen LogP contribution in [0.5, 0.6) is 0 Å². The van der Waals surface area contributed by atoms with Crippen LogP contribution in [0.3, 0.4) is 0 Å². The minimum atomic E-state index is 0.640. The van der Waals surface area contributed by atoms with Gasteiger partial charge in [-0.15, -0.1) is 0 Å². The highest BCUT2D eigenvalue weighted by Crippen LogP contribution is 2.26. The molecule has 0 aromatic carbocycles. The Morgan fingerprint density at radius 1 is 1.53 bits per heavy atom. The van der Waals surface area contributed by atoms with E-state index >= 15 is 0 Å². The summed E-state index contributed by atoms with van der Waals surface area (Å²) < 4.78 is 0. The van der Waals surface area contributed by atoms with Crippen molar-refractivity contribution in [3.63, 3.8) is 0 Å². The summed E-state index contributed by atoms with van der Waals surface area (Å²) in [5, 5.41) is 0.696. The molecule has 0 N–H and O–H groups in total. The largest absolute Gasteiger partial charge is 0.356 e. The van der Waals surface area contributed by atoms with Gasteiger partial charge in [-0.1, -0.05) is 34.5 Å². The number of rotatable bonds is 1. The molecule has 2 rings (SSSR count). The molecule has 4 heteroatoms. The normalized spacial score (nSPS) is 26.7. The van der Waals surface area contributed by atoms with Crippen molar-refractivity contribution >= 4 is 33.3 Å². The molecule has 82 valence electrons. The van der Waals surface area contributed by atoms with E-state index in [1.54, 1.807) is 6.20 Å². The minimum absolute atomic E-state index is 0.640. The third kappa shape index (κ3) is 2.64. The molecule has 0 spiro atoms. The Balaban J connectivity index is 2.08. The van der Waals surface area contributed by atoms with E-state index in [0.29, 0.717) is 15.8 Å². The summed E-state index contributed by atoms with van der Waals surface area (Å²) in [6.45, 7) is 4.39. The van der Waals surface area contributed by atoms with Crippen molar-refractivity contribution < 1.29 is 0 Å². The van der Waals surface area contributed by atoms with Crippen LogP contribution in [0.25, 0.3) is 0 Å². The van der Waals surface area contributed by atoms with Gasteiger partial charge in [0.15, 0.2) is 0 Å². The molecular weight excluding hydrogens is 275 g/mol. The number of piperidine rings is 1. The van der Waals surface area contributed by atoms with Crippen LogP contribution >= 0.6 is 27.5 Å². The maximum atomic E-state index is 5.81. The van der Waals surface area contributed by atoms with Gasteiger partial charge in [-0.25, -0.2) is 4.98 Å². The van der Waals surface area contributed by atoms with Gasteiger partial charge in [-0.05, 0) is 24.5 Å². The average Bonchev–Trinajstić information content (AvgIpc) is 2.23. The number of pyridine rings is 1. The summed E-state index contributed by atoms with van der Waals surface area (Å²) in [6.07, 6.45) is 2.88. The highest BCUT2D eigenvalue weighted by molar-refractivity contribution is 9.09. The molecule has 1 aromatic rings. The van der Waals surface area contributed by atoms with Crippen molar-refractivity contribution in [2.24, 2.45) is 5.92 Å². The molecule has 1 aliphatic heterocycles. The zero-order chi connectivity index (χ0) is 10.8. The molecular formula is C11H14BrClN2. The van der Waals surface area contributed by atoms with Gasteiger partial charge >= 0.3 is 0 Å². The molecule has 0 radical (unpaired) electrons. The van der Waals surface area contributed by atoms with E-state index in [1.165, 1.54) is 6.42 Å². The Morgan fingerprint density at radius 2 is 2.33 bits per heavy atom. The molecule has 0 bridgehead atoms. The molecule has 2 unspecified atom stereocenters. The zero-order valence-electron chi connectivity index (χ0n) is 8.66. The number of anilines is 1. The number of hydrogen-bond acceptors (Lipinski definition) is 2. The second kappa shape index (κ2) is 4.71. The Labute approximate surface area is 104 Å². The van der Waals surface area contributed by atoms with Crippen molar-refractivity contribution in [2.45, 2.75) is 18.2 Å². The van der Waals surface area contributed by atoms with Gasteiger partial charge in [0.1, 0.15) is 5.82 Å². The van der Waals surface area contributed by atoms with Crippen LogP contribution in [0.2, 0.25) is 5.02 Å². The molecule has 1 aromatic heterocycles. The maximum Gasteiger partial charge on any atom is 0.128 e. The van der Waals surface area contributed by atoms with Crippen LogP contribution in [0, 0.1) is 5.92 Å². The summed E-state index contributed by atoms with van der Waals surface area (Å²) in [4.78, 5) is 7.30. The first-order valence-electron chi connectivity index (χ1n) is 5.17. The fourth-order valence-electron chi connectivity index (χ4n) is 1.88. The third-order valence-corrected chi connectivity index (χ3v) is 4.42. The van der Waals surface area contributed by atoms with Crippen molar-refractivity contribution in [3.8, 4) is 0 Å². The summed E-state index contributed by atoms with van der Waals surface area (Å²) in [7, 11) is 0. The predicted molar refractivity (Wildman–Crippen MR) is 68.0 cm³/mol. The smallest absolute Gasteiger partial charge is 0.128 e. The van der Waals surface area contributed by atoms with Gasteiger partial charge in [-0.3, -0.25) is 0 Å². The monoisotopic (exact) mass is 288 g/mol. The first kappa shape index (κ1) is 11.2. The second-order valence-corrected chi connectivity index (χ2v) is 5.68.